The summed E-state index contributed by atoms with van der Waals surface area (Å²) in [6, 6.07) is -0.00806. The molecule has 0 unspecified atom stereocenters. The summed E-state index contributed by atoms with van der Waals surface area (Å²) in [5.41, 5.74) is 6.03. The number of nitrogens with one attached hydrogen (secondary N) is 1. The van der Waals surface area contributed by atoms with Crippen LogP contribution in [-0.4, -0.2) is 64.6 Å². The Hall–Kier alpha value is -1.51. The SMILES string of the molecule is COC1(C(=O)NC[C@@H]2C[C@H](F)CN2Cc2cnn(C)c2)CC(N)C1. The number of amides is 1. The van der Waals surface area contributed by atoms with E-state index < -0.39 is 11.8 Å². The summed E-state index contributed by atoms with van der Waals surface area (Å²) < 4.78 is 21.0. The molecule has 2 atom stereocenters. The summed E-state index contributed by atoms with van der Waals surface area (Å²) in [5.74, 6) is -0.143. The lowest BCUT2D eigenvalue weighted by Gasteiger charge is -2.43. The molecular weight excluding hydrogens is 313 g/mol. The van der Waals surface area contributed by atoms with Gasteiger partial charge in [0.15, 0.2) is 0 Å². The fourth-order valence-corrected chi connectivity index (χ4v) is 3.72. The molecule has 134 valence electrons. The fourth-order valence-electron chi connectivity index (χ4n) is 3.72. The zero-order chi connectivity index (χ0) is 17.3. The number of nitrogens with two attached hydrogens (primary N) is 1. The van der Waals surface area contributed by atoms with Gasteiger partial charge in [0.2, 0.25) is 0 Å². The molecule has 3 rings (SSSR count). The maximum Gasteiger partial charge on any atom is 0.252 e. The van der Waals surface area contributed by atoms with Gasteiger partial charge < -0.3 is 15.8 Å². The van der Waals surface area contributed by atoms with Crippen molar-refractivity contribution in [3.63, 3.8) is 0 Å². The van der Waals surface area contributed by atoms with E-state index in [1.165, 1.54) is 7.11 Å². The predicted molar refractivity (Wildman–Crippen MR) is 86.9 cm³/mol. The molecule has 24 heavy (non-hydrogen) atoms. The molecule has 0 spiro atoms. The first-order valence-corrected chi connectivity index (χ1v) is 8.36. The smallest absolute Gasteiger partial charge is 0.252 e. The van der Waals surface area contributed by atoms with Crippen molar-refractivity contribution in [3.8, 4) is 0 Å². The first-order chi connectivity index (χ1) is 11.4. The molecule has 2 heterocycles. The van der Waals surface area contributed by atoms with Crippen LogP contribution in [0.25, 0.3) is 0 Å². The minimum absolute atomic E-state index is 0.0134. The Balaban J connectivity index is 1.55. The van der Waals surface area contributed by atoms with Crippen LogP contribution in [0.3, 0.4) is 0 Å². The summed E-state index contributed by atoms with van der Waals surface area (Å²) >= 11 is 0. The van der Waals surface area contributed by atoms with E-state index in [1.807, 2.05) is 13.2 Å². The maximum absolute atomic E-state index is 13.9. The van der Waals surface area contributed by atoms with Gasteiger partial charge in [-0.1, -0.05) is 0 Å². The van der Waals surface area contributed by atoms with Crippen LogP contribution in [0.5, 0.6) is 0 Å². The molecule has 0 radical (unpaired) electrons. The Morgan fingerprint density at radius 3 is 2.92 bits per heavy atom. The van der Waals surface area contributed by atoms with Crippen LogP contribution in [0.2, 0.25) is 0 Å². The lowest BCUT2D eigenvalue weighted by molar-refractivity contribution is -0.156. The zero-order valence-corrected chi connectivity index (χ0v) is 14.2. The zero-order valence-electron chi connectivity index (χ0n) is 14.2. The van der Waals surface area contributed by atoms with Gasteiger partial charge >= 0.3 is 0 Å². The molecule has 2 aliphatic rings. The van der Waals surface area contributed by atoms with Gasteiger partial charge in [-0.3, -0.25) is 14.4 Å². The topological polar surface area (TPSA) is 85.4 Å². The second-order valence-electron chi connectivity index (χ2n) is 7.02. The summed E-state index contributed by atoms with van der Waals surface area (Å²) in [4.78, 5) is 14.5. The largest absolute Gasteiger partial charge is 0.368 e. The number of likely N-dealkylation sites (tertiary alicyclic amines) is 1. The van der Waals surface area contributed by atoms with E-state index in [9.17, 15) is 9.18 Å². The fraction of sp³-hybridized carbons (Fsp3) is 0.750. The number of hydrogen-bond donors (Lipinski definition) is 2. The third-order valence-corrected chi connectivity index (χ3v) is 5.11. The number of aromatic nitrogens is 2. The number of hydrogen-bond acceptors (Lipinski definition) is 5. The predicted octanol–water partition coefficient (Wildman–Crippen LogP) is -0.0450. The second kappa shape index (κ2) is 6.78. The van der Waals surface area contributed by atoms with Crippen LogP contribution in [0, 0.1) is 0 Å². The molecule has 1 aromatic rings. The van der Waals surface area contributed by atoms with Gasteiger partial charge in [-0.05, 0) is 6.42 Å². The van der Waals surface area contributed by atoms with E-state index in [0.717, 1.165) is 5.56 Å². The van der Waals surface area contributed by atoms with Gasteiger partial charge in [-0.2, -0.15) is 5.10 Å². The number of carbonyl (C=O) groups is 1. The Morgan fingerprint density at radius 1 is 1.58 bits per heavy atom. The molecule has 0 bridgehead atoms. The normalized spacial score (nSPS) is 33.4. The summed E-state index contributed by atoms with van der Waals surface area (Å²) in [7, 11) is 3.39. The number of ether oxygens (including phenoxy) is 1. The number of rotatable bonds is 6. The van der Waals surface area contributed by atoms with Crippen LogP contribution >= 0.6 is 0 Å². The second-order valence-corrected chi connectivity index (χ2v) is 7.02. The average molecular weight is 339 g/mol. The third-order valence-electron chi connectivity index (χ3n) is 5.11. The van der Waals surface area contributed by atoms with Crippen LogP contribution in [0.15, 0.2) is 12.4 Å². The number of aryl methyl sites for hydroxylation is 1. The van der Waals surface area contributed by atoms with E-state index >= 15 is 0 Å². The van der Waals surface area contributed by atoms with Crippen molar-refractivity contribution in [2.24, 2.45) is 12.8 Å². The maximum atomic E-state index is 13.9. The van der Waals surface area contributed by atoms with E-state index in [1.54, 1.807) is 10.9 Å². The first kappa shape index (κ1) is 17.3. The van der Waals surface area contributed by atoms with E-state index in [0.29, 0.717) is 38.9 Å². The van der Waals surface area contributed by atoms with Crippen molar-refractivity contribution in [2.45, 2.75) is 49.7 Å². The van der Waals surface area contributed by atoms with Gasteiger partial charge in [0.25, 0.3) is 5.91 Å². The van der Waals surface area contributed by atoms with Crippen molar-refractivity contribution in [1.29, 1.82) is 0 Å². The van der Waals surface area contributed by atoms with Crippen LogP contribution < -0.4 is 11.1 Å². The number of carbonyl (C=O) groups excluding carboxylic acids is 1. The molecule has 1 aromatic heterocycles. The summed E-state index contributed by atoms with van der Waals surface area (Å²) in [6.45, 7) is 1.44. The molecule has 8 heteroatoms. The minimum atomic E-state index is -0.864. The van der Waals surface area contributed by atoms with Gasteiger partial charge in [0.1, 0.15) is 11.8 Å². The Labute approximate surface area is 141 Å². The van der Waals surface area contributed by atoms with Crippen LogP contribution in [0.4, 0.5) is 4.39 Å². The highest BCUT2D eigenvalue weighted by atomic mass is 19.1. The quantitative estimate of drug-likeness (QED) is 0.759. The molecule has 1 aliphatic heterocycles. The number of nitrogens with zero attached hydrogens (tertiary/aromatic N) is 3. The Kier molecular flexibility index (Phi) is 4.89. The number of alkyl halides is 1. The molecule has 1 saturated carbocycles. The van der Waals surface area contributed by atoms with E-state index in [2.05, 4.69) is 15.3 Å². The molecule has 3 N–H and O–H groups in total. The molecule has 7 nitrogen and oxygen atoms in total. The van der Waals surface area contributed by atoms with Crippen molar-refractivity contribution in [3.05, 3.63) is 18.0 Å². The number of methoxy groups -OCH3 is 1. The van der Waals surface area contributed by atoms with Gasteiger partial charge in [-0.25, -0.2) is 4.39 Å². The van der Waals surface area contributed by atoms with Crippen molar-refractivity contribution in [2.75, 3.05) is 20.2 Å². The lowest BCUT2D eigenvalue weighted by Crippen LogP contribution is -2.62. The monoisotopic (exact) mass is 339 g/mol. The molecule has 2 fully saturated rings. The highest BCUT2D eigenvalue weighted by molar-refractivity contribution is 5.86. The molecule has 0 aromatic carbocycles. The van der Waals surface area contributed by atoms with Crippen LogP contribution in [-0.2, 0) is 23.1 Å². The highest BCUT2D eigenvalue weighted by Crippen LogP contribution is 2.34. The molecule has 1 saturated heterocycles. The lowest BCUT2D eigenvalue weighted by atomic mass is 9.75. The van der Waals surface area contributed by atoms with E-state index in [4.69, 9.17) is 10.5 Å². The average Bonchev–Trinajstić information content (AvgIpc) is 3.07. The third kappa shape index (κ3) is 3.45. The Morgan fingerprint density at radius 2 is 2.33 bits per heavy atom. The van der Waals surface area contributed by atoms with E-state index in [-0.39, 0.29) is 18.0 Å². The van der Waals surface area contributed by atoms with Gasteiger partial charge in [-0.15, -0.1) is 0 Å². The summed E-state index contributed by atoms with van der Waals surface area (Å²) in [6.07, 6.45) is 4.35. The highest BCUT2D eigenvalue weighted by Gasteiger charge is 2.49. The van der Waals surface area contributed by atoms with Crippen molar-refractivity contribution < 1.29 is 13.9 Å². The summed E-state index contributed by atoms with van der Waals surface area (Å²) in [5, 5.41) is 7.08. The minimum Gasteiger partial charge on any atom is -0.368 e. The molecule has 1 amide bonds. The standard InChI is InChI=1S/C16H26FN5O2/c1-21-8-11(6-20-21)9-22-10-12(17)3-14(22)7-19-15(23)16(24-2)4-13(18)5-16/h6,8,12-14H,3-5,7,9-10,18H2,1-2H3,(H,19,23)/t12-,13?,14-,16?/m0/s1. The van der Waals surface area contributed by atoms with Gasteiger partial charge in [0, 0.05) is 70.5 Å². The van der Waals surface area contributed by atoms with Crippen molar-refractivity contribution >= 4 is 5.91 Å². The molecule has 1 aliphatic carbocycles. The first-order valence-electron chi connectivity index (χ1n) is 8.36. The Bertz CT molecular complexity index is 587. The molecular formula is C16H26FN5O2. The van der Waals surface area contributed by atoms with Crippen molar-refractivity contribution in [1.82, 2.24) is 20.0 Å². The number of halogens is 1. The van der Waals surface area contributed by atoms with Gasteiger partial charge in [0.05, 0.1) is 6.20 Å². The van der Waals surface area contributed by atoms with Crippen LogP contribution in [0.1, 0.15) is 24.8 Å².